The van der Waals surface area contributed by atoms with Crippen LogP contribution in [0, 0.1) is 0 Å². The van der Waals surface area contributed by atoms with E-state index < -0.39 is 0 Å². The van der Waals surface area contributed by atoms with E-state index in [2.05, 4.69) is 47.3 Å². The van der Waals surface area contributed by atoms with Crippen LogP contribution in [0.4, 0.5) is 0 Å². The standard InChI is InChI=1S/C13H22N6/c1-5-11-6-12(18(4)17-11)8-19-13(15-9-16-19)7-14-10(2)3/h6,9-10,14H,5,7-8H2,1-4H3. The van der Waals surface area contributed by atoms with E-state index in [9.17, 15) is 0 Å². The van der Waals surface area contributed by atoms with Gasteiger partial charge >= 0.3 is 0 Å². The minimum absolute atomic E-state index is 0.438. The molecule has 0 amide bonds. The van der Waals surface area contributed by atoms with Crippen molar-refractivity contribution in [3.8, 4) is 0 Å². The van der Waals surface area contributed by atoms with Gasteiger partial charge in [-0.1, -0.05) is 20.8 Å². The zero-order valence-electron chi connectivity index (χ0n) is 12.1. The number of nitrogens with one attached hydrogen (secondary N) is 1. The normalized spacial score (nSPS) is 11.4. The minimum atomic E-state index is 0.438. The fraction of sp³-hybridized carbons (Fsp3) is 0.615. The van der Waals surface area contributed by atoms with Crippen LogP contribution in [0.15, 0.2) is 12.4 Å². The van der Waals surface area contributed by atoms with Crippen molar-refractivity contribution in [2.45, 2.75) is 46.3 Å². The summed E-state index contributed by atoms with van der Waals surface area (Å²) in [4.78, 5) is 4.30. The predicted molar refractivity (Wildman–Crippen MR) is 73.7 cm³/mol. The third kappa shape index (κ3) is 3.41. The summed E-state index contributed by atoms with van der Waals surface area (Å²) in [5.74, 6) is 0.952. The molecule has 0 bridgehead atoms. The van der Waals surface area contributed by atoms with Crippen LogP contribution in [0.1, 0.15) is 38.0 Å². The Morgan fingerprint density at radius 3 is 2.79 bits per heavy atom. The van der Waals surface area contributed by atoms with E-state index in [4.69, 9.17) is 0 Å². The molecule has 6 heteroatoms. The average Bonchev–Trinajstić information content (AvgIpc) is 2.95. The molecule has 0 saturated heterocycles. The first-order valence-electron chi connectivity index (χ1n) is 6.72. The van der Waals surface area contributed by atoms with E-state index in [0.29, 0.717) is 12.6 Å². The number of nitrogens with zero attached hydrogens (tertiary/aromatic N) is 5. The predicted octanol–water partition coefficient (Wildman–Crippen LogP) is 1.12. The van der Waals surface area contributed by atoms with Crippen molar-refractivity contribution in [1.82, 2.24) is 29.9 Å². The van der Waals surface area contributed by atoms with Crippen molar-refractivity contribution < 1.29 is 0 Å². The molecule has 0 radical (unpaired) electrons. The van der Waals surface area contributed by atoms with Crippen LogP contribution in [0.3, 0.4) is 0 Å². The third-order valence-corrected chi connectivity index (χ3v) is 3.07. The lowest BCUT2D eigenvalue weighted by Crippen LogP contribution is -2.24. The number of hydrogen-bond donors (Lipinski definition) is 1. The zero-order chi connectivity index (χ0) is 13.8. The molecule has 2 aromatic rings. The first kappa shape index (κ1) is 13.7. The molecule has 0 fully saturated rings. The van der Waals surface area contributed by atoms with Crippen molar-refractivity contribution >= 4 is 0 Å². The lowest BCUT2D eigenvalue weighted by atomic mass is 10.3. The summed E-state index contributed by atoms with van der Waals surface area (Å²) in [7, 11) is 1.97. The van der Waals surface area contributed by atoms with Gasteiger partial charge in [0.05, 0.1) is 24.5 Å². The Labute approximate surface area is 113 Å². The Morgan fingerprint density at radius 1 is 1.37 bits per heavy atom. The van der Waals surface area contributed by atoms with Gasteiger partial charge in [-0.3, -0.25) is 4.68 Å². The van der Waals surface area contributed by atoms with Crippen LogP contribution in [0.25, 0.3) is 0 Å². The second-order valence-electron chi connectivity index (χ2n) is 4.97. The average molecular weight is 262 g/mol. The number of aromatic nitrogens is 5. The Kier molecular flexibility index (Phi) is 4.31. The smallest absolute Gasteiger partial charge is 0.141 e. The fourth-order valence-corrected chi connectivity index (χ4v) is 1.90. The SMILES string of the molecule is CCc1cc(Cn2ncnc2CNC(C)C)n(C)n1. The molecule has 1 N–H and O–H groups in total. The maximum absolute atomic E-state index is 4.45. The molecular weight excluding hydrogens is 240 g/mol. The highest BCUT2D eigenvalue weighted by atomic mass is 15.4. The van der Waals surface area contributed by atoms with E-state index in [1.165, 1.54) is 0 Å². The van der Waals surface area contributed by atoms with Crippen molar-refractivity contribution in [3.63, 3.8) is 0 Å². The van der Waals surface area contributed by atoms with Gasteiger partial charge in [0.15, 0.2) is 0 Å². The van der Waals surface area contributed by atoms with Crippen LogP contribution in [0.5, 0.6) is 0 Å². The van der Waals surface area contributed by atoms with Crippen molar-refractivity contribution in [2.24, 2.45) is 7.05 Å². The topological polar surface area (TPSA) is 60.6 Å². The van der Waals surface area contributed by atoms with E-state index in [1.807, 2.05) is 16.4 Å². The van der Waals surface area contributed by atoms with Crippen molar-refractivity contribution in [1.29, 1.82) is 0 Å². The van der Waals surface area contributed by atoms with E-state index in [1.54, 1.807) is 6.33 Å². The summed E-state index contributed by atoms with van der Waals surface area (Å²) in [5.41, 5.74) is 2.26. The van der Waals surface area contributed by atoms with Gasteiger partial charge in [0, 0.05) is 13.1 Å². The molecule has 2 rings (SSSR count). The Bertz CT molecular complexity index is 525. The lowest BCUT2D eigenvalue weighted by Gasteiger charge is -2.09. The maximum Gasteiger partial charge on any atom is 0.141 e. The summed E-state index contributed by atoms with van der Waals surface area (Å²) in [6.45, 7) is 7.79. The van der Waals surface area contributed by atoms with Gasteiger partial charge in [-0.2, -0.15) is 10.2 Å². The first-order chi connectivity index (χ1) is 9.10. The molecule has 2 heterocycles. The van der Waals surface area contributed by atoms with Gasteiger partial charge in [-0.05, 0) is 12.5 Å². The minimum Gasteiger partial charge on any atom is -0.308 e. The Hall–Kier alpha value is -1.69. The van der Waals surface area contributed by atoms with Crippen LogP contribution in [-0.2, 0) is 26.6 Å². The summed E-state index contributed by atoms with van der Waals surface area (Å²) in [6.07, 6.45) is 2.56. The van der Waals surface area contributed by atoms with Crippen LogP contribution in [-0.4, -0.2) is 30.6 Å². The molecule has 0 aromatic carbocycles. The zero-order valence-corrected chi connectivity index (χ0v) is 12.1. The van der Waals surface area contributed by atoms with Gasteiger partial charge in [-0.15, -0.1) is 0 Å². The highest BCUT2D eigenvalue weighted by Crippen LogP contribution is 2.07. The summed E-state index contributed by atoms with van der Waals surface area (Å²) in [6, 6.07) is 2.56. The summed E-state index contributed by atoms with van der Waals surface area (Å²) in [5, 5.41) is 12.1. The van der Waals surface area contributed by atoms with Gasteiger partial charge in [0.25, 0.3) is 0 Å². The molecule has 0 aliphatic heterocycles. The van der Waals surface area contributed by atoms with Crippen LogP contribution in [0.2, 0.25) is 0 Å². The molecule has 0 aliphatic rings. The highest BCUT2D eigenvalue weighted by molar-refractivity contribution is 5.10. The molecule has 2 aromatic heterocycles. The van der Waals surface area contributed by atoms with E-state index in [0.717, 1.165) is 30.2 Å². The fourth-order valence-electron chi connectivity index (χ4n) is 1.90. The summed E-state index contributed by atoms with van der Waals surface area (Å²) < 4.78 is 3.84. The molecule has 104 valence electrons. The molecular formula is C13H22N6. The molecule has 0 spiro atoms. The van der Waals surface area contributed by atoms with Crippen LogP contribution >= 0.6 is 0 Å². The van der Waals surface area contributed by atoms with Crippen LogP contribution < -0.4 is 5.32 Å². The molecule has 0 unspecified atom stereocenters. The molecule has 19 heavy (non-hydrogen) atoms. The lowest BCUT2D eigenvalue weighted by molar-refractivity contribution is 0.529. The number of rotatable bonds is 6. The Balaban J connectivity index is 2.10. The highest BCUT2D eigenvalue weighted by Gasteiger charge is 2.09. The molecule has 6 nitrogen and oxygen atoms in total. The number of aryl methyl sites for hydroxylation is 2. The molecule has 0 aliphatic carbocycles. The number of hydrogen-bond acceptors (Lipinski definition) is 4. The molecule has 0 saturated carbocycles. The van der Waals surface area contributed by atoms with E-state index in [-0.39, 0.29) is 0 Å². The summed E-state index contributed by atoms with van der Waals surface area (Å²) >= 11 is 0. The second-order valence-corrected chi connectivity index (χ2v) is 4.97. The monoisotopic (exact) mass is 262 g/mol. The van der Waals surface area contributed by atoms with Gasteiger partial charge < -0.3 is 5.32 Å². The van der Waals surface area contributed by atoms with Gasteiger partial charge in [0.1, 0.15) is 12.2 Å². The largest absolute Gasteiger partial charge is 0.308 e. The van der Waals surface area contributed by atoms with Crippen molar-refractivity contribution in [3.05, 3.63) is 29.6 Å². The third-order valence-electron chi connectivity index (χ3n) is 3.07. The maximum atomic E-state index is 4.45. The van der Waals surface area contributed by atoms with E-state index >= 15 is 0 Å². The van der Waals surface area contributed by atoms with Gasteiger partial charge in [0.2, 0.25) is 0 Å². The van der Waals surface area contributed by atoms with Gasteiger partial charge in [-0.25, -0.2) is 9.67 Å². The quantitative estimate of drug-likeness (QED) is 0.847. The Morgan fingerprint density at radius 2 is 2.16 bits per heavy atom. The first-order valence-corrected chi connectivity index (χ1v) is 6.72. The van der Waals surface area contributed by atoms with Crippen molar-refractivity contribution in [2.75, 3.05) is 0 Å². The molecule has 0 atom stereocenters. The second kappa shape index (κ2) is 5.97.